The number of alkyl halides is 1. The molecule has 2 amide bonds. The number of nitrogen functional groups attached to an aromatic ring is 1. The van der Waals surface area contributed by atoms with Crippen LogP contribution in [0.25, 0.3) is 66.1 Å². The number of hydrogen-bond donors (Lipinski definition) is 10. The minimum atomic E-state index is -3.67. The summed E-state index contributed by atoms with van der Waals surface area (Å²) < 4.78 is 43.1. The van der Waals surface area contributed by atoms with Gasteiger partial charge in [-0.2, -0.15) is 8.42 Å². The number of benzene rings is 10. The van der Waals surface area contributed by atoms with E-state index in [9.17, 15) is 61.5 Å². The smallest absolute Gasteiger partial charge is 0.550 e. The number of aliphatic carboxylic acids is 2. The minimum Gasteiger partial charge on any atom is -0.550 e. The van der Waals surface area contributed by atoms with E-state index in [2.05, 4.69) is 25.8 Å². The number of nitrogens with two attached hydrogens (primary N) is 1. The number of pyridine rings is 3. The number of aromatic nitrogens is 3. The van der Waals surface area contributed by atoms with Gasteiger partial charge < -0.3 is 85.3 Å². The fraction of sp³-hybridized carbons (Fsp3) is 0.161. The van der Waals surface area contributed by atoms with Gasteiger partial charge >= 0.3 is 41.5 Å². The van der Waals surface area contributed by atoms with Crippen LogP contribution in [-0.4, -0.2) is 186 Å². The van der Waals surface area contributed by atoms with Crippen LogP contribution < -0.4 is 81.9 Å². The second-order valence-electron chi connectivity index (χ2n) is 27.6. The molecule has 0 saturated carbocycles. The zero-order valence-corrected chi connectivity index (χ0v) is 75.5. The number of aliphatic hydroxyl groups excluding tert-OH is 1. The molecular formula is C93H92Cl2N9NaO22S. The van der Waals surface area contributed by atoms with Gasteiger partial charge in [0.2, 0.25) is 0 Å². The van der Waals surface area contributed by atoms with E-state index in [0.29, 0.717) is 113 Å². The molecule has 0 spiro atoms. The van der Waals surface area contributed by atoms with E-state index in [-0.39, 0.29) is 88.8 Å². The molecule has 2 aliphatic carbocycles. The van der Waals surface area contributed by atoms with Crippen LogP contribution in [0.1, 0.15) is 70.6 Å². The third kappa shape index (κ3) is 30.0. The van der Waals surface area contributed by atoms with E-state index in [0.717, 1.165) is 65.2 Å². The molecule has 662 valence electrons. The van der Waals surface area contributed by atoms with E-state index in [1.165, 1.54) is 0 Å². The van der Waals surface area contributed by atoms with Crippen molar-refractivity contribution in [3.63, 3.8) is 0 Å². The van der Waals surface area contributed by atoms with E-state index in [1.807, 2.05) is 123 Å². The van der Waals surface area contributed by atoms with E-state index in [4.69, 9.17) is 61.4 Å². The number of H-pyrrole nitrogens is 2. The van der Waals surface area contributed by atoms with Crippen LogP contribution in [0.3, 0.4) is 0 Å². The Kier molecular flexibility index (Phi) is 41.7. The first-order valence-electron chi connectivity index (χ1n) is 38.0. The molecule has 13 aromatic rings. The summed E-state index contributed by atoms with van der Waals surface area (Å²) in [4.78, 5) is 137. The number of nitrogens with one attached hydrogen (secondary N) is 4. The van der Waals surface area contributed by atoms with Crippen molar-refractivity contribution in [3.8, 4) is 50.6 Å². The Hall–Kier alpha value is -13.8. The Labute approximate surface area is 768 Å². The molecule has 0 saturated heterocycles. The van der Waals surface area contributed by atoms with Crippen molar-refractivity contribution in [1.29, 1.82) is 0 Å². The van der Waals surface area contributed by atoms with Crippen molar-refractivity contribution < 1.29 is 121 Å². The zero-order chi connectivity index (χ0) is 92.5. The summed E-state index contributed by atoms with van der Waals surface area (Å²) in [6.45, 7) is 3.25. The van der Waals surface area contributed by atoms with E-state index >= 15 is 0 Å². The number of likely N-dealkylation sites (N-methyl/N-ethyl adjacent to an activating group) is 1. The van der Waals surface area contributed by atoms with E-state index < -0.39 is 51.2 Å². The number of oxime groups is 1. The number of halogens is 2. The van der Waals surface area contributed by atoms with Gasteiger partial charge in [0.25, 0.3) is 44.4 Å². The number of fused-ring (bicyclic) bond motifs is 12. The Morgan fingerprint density at radius 3 is 1.47 bits per heavy atom. The first-order chi connectivity index (χ1) is 60.1. The molecule has 35 heteroatoms. The number of aliphatic hydroxyl groups is 1. The summed E-state index contributed by atoms with van der Waals surface area (Å²) in [7, 11) is 8.96. The molecule has 3 aromatic heterocycles. The number of rotatable bonds is 15. The summed E-state index contributed by atoms with van der Waals surface area (Å²) in [5.74, 6) is -2.14. The fourth-order valence-electron chi connectivity index (χ4n) is 12.4. The largest absolute Gasteiger partial charge is 1.00 e. The molecule has 0 fully saturated rings. The number of ketones is 3. The van der Waals surface area contributed by atoms with Crippen LogP contribution in [0.5, 0.6) is 17.2 Å². The molecule has 0 atom stereocenters. The Morgan fingerprint density at radius 1 is 0.555 bits per heavy atom. The van der Waals surface area contributed by atoms with Gasteiger partial charge in [-0.1, -0.05) is 145 Å². The van der Waals surface area contributed by atoms with Crippen molar-refractivity contribution in [3.05, 3.63) is 318 Å². The molecule has 0 radical (unpaired) electrons. The number of carboxylic acid groups (broad SMARTS) is 3. The molecule has 4 heterocycles. The number of aromatic carboxylic acids is 1. The number of carbonyl (C=O) groups excluding carboxylic acids is 6. The van der Waals surface area contributed by atoms with Crippen molar-refractivity contribution in [1.82, 2.24) is 24.3 Å². The van der Waals surface area contributed by atoms with Gasteiger partial charge in [-0.3, -0.25) is 47.7 Å². The average Bonchev–Trinajstić information content (AvgIpc) is 1.57. The maximum Gasteiger partial charge on any atom is 1.00 e. The van der Waals surface area contributed by atoms with Gasteiger partial charge in [-0.25, -0.2) is 4.79 Å². The number of carbonyl (C=O) groups is 8. The first kappa shape index (κ1) is 105. The van der Waals surface area contributed by atoms with Crippen molar-refractivity contribution >= 4 is 137 Å². The Balaban J connectivity index is 0.000000264. The van der Waals surface area contributed by atoms with Crippen molar-refractivity contribution in [2.45, 2.75) is 26.5 Å². The van der Waals surface area contributed by atoms with Crippen LogP contribution in [0.15, 0.2) is 262 Å². The van der Waals surface area contributed by atoms with Crippen LogP contribution >= 0.6 is 24.0 Å². The van der Waals surface area contributed by atoms with Crippen LogP contribution in [0, 0.1) is 0 Å². The second kappa shape index (κ2) is 51.0. The molecular weight excluding hydrogens is 1720 g/mol. The summed E-state index contributed by atoms with van der Waals surface area (Å²) in [5.41, 5.74) is 15.7. The topological polar surface area (TPSA) is 479 Å². The van der Waals surface area contributed by atoms with Crippen LogP contribution in [0.4, 0.5) is 17.1 Å². The molecule has 31 nitrogen and oxygen atoms in total. The number of anilines is 3. The van der Waals surface area contributed by atoms with Gasteiger partial charge in [0.05, 0.1) is 79.6 Å². The number of methoxy groups -OCH3 is 3. The molecule has 128 heavy (non-hydrogen) atoms. The van der Waals surface area contributed by atoms with Crippen LogP contribution in [0.2, 0.25) is 0 Å². The average molecular weight is 1810 g/mol. The molecule has 3 aliphatic rings. The monoisotopic (exact) mass is 1810 g/mol. The van der Waals surface area contributed by atoms with E-state index in [1.54, 1.807) is 184 Å². The van der Waals surface area contributed by atoms with Gasteiger partial charge in [-0.05, 0) is 166 Å². The molecule has 16 rings (SSSR count). The third-order valence-electron chi connectivity index (χ3n) is 18.1. The molecule has 10 aromatic carbocycles. The quantitative estimate of drug-likeness (QED) is 0.00669. The molecule has 1 aliphatic heterocycles. The van der Waals surface area contributed by atoms with Gasteiger partial charge in [0.15, 0.2) is 11.6 Å². The van der Waals surface area contributed by atoms with Gasteiger partial charge in [0.1, 0.15) is 23.5 Å². The summed E-state index contributed by atoms with van der Waals surface area (Å²) in [6.07, 6.45) is 1.55. The first-order valence-corrected chi connectivity index (χ1v) is 40.4. The molecule has 0 unspecified atom stereocenters. The molecule has 11 N–H and O–H groups in total. The van der Waals surface area contributed by atoms with Gasteiger partial charge in [-0.15, -0.1) is 24.0 Å². The van der Waals surface area contributed by atoms with Gasteiger partial charge in [0, 0.05) is 92.3 Å². The maximum absolute atomic E-state index is 13.3. The number of carboxylic acids is 3. The number of nitrogens with zero attached hydrogens (tertiary/aromatic N) is 4. The summed E-state index contributed by atoms with van der Waals surface area (Å²) in [6, 6.07) is 71.2. The van der Waals surface area contributed by atoms with Crippen LogP contribution in [-0.2, 0) is 48.9 Å². The number of ether oxygens (including phenoxy) is 3. The normalized spacial score (nSPS) is 11.1. The fourth-order valence-corrected chi connectivity index (χ4v) is 12.8. The maximum atomic E-state index is 13.3. The van der Waals surface area contributed by atoms with Crippen molar-refractivity contribution in [2.24, 2.45) is 5.16 Å². The minimum absolute atomic E-state index is 0. The zero-order valence-electron chi connectivity index (χ0n) is 71.2. The predicted octanol–water partition coefficient (Wildman–Crippen LogP) is 8.89. The number of hydrogen-bond acceptors (Lipinski definition) is 23. The molecule has 0 bridgehead atoms. The second-order valence-corrected chi connectivity index (χ2v) is 29.5. The SMILES string of the molecule is CC(=O)[O-].CN(C)CCCl.COc1ccc(-c2c(C(=O)O)c3ccccc3[nH]c2=O)cc1.COc1ccc2c(c1)C(=O)c1c-2c(=O)[nH]c2ccccc12.COc1ccc2c(c1)C(=O)c1c-2c(=O)n(CCN(C)C)c2ccccc12.CS(=O)(=O)O.Cl.Nc1ccccc1.O=C(/C=N/O)Nc1ccccc1.O=C(O)Cc1ccc(CO)cc1.O=C1Nc2ccccc2C1=O.[Na+]. The Morgan fingerprint density at radius 2 is 1.00 bits per heavy atom. The summed E-state index contributed by atoms with van der Waals surface area (Å²) >= 11 is 5.35. The Bertz CT molecular complexity index is 6410. The predicted molar refractivity (Wildman–Crippen MR) is 490 cm³/mol. The number of aromatic amines is 2. The summed E-state index contributed by atoms with van der Waals surface area (Å²) in [5, 5.41) is 53.3. The number of para-hydroxylation sites is 6. The third-order valence-corrected chi connectivity index (χ3v) is 18.2. The number of Topliss-reactive ketones (excluding diaryl/α,β-unsaturated/α-hetero) is 1. The standard InChI is InChI=1S/C21H20N2O3.C17H13NO4.C17H11NO3.C9H10O3.C8H8N2O2.C8H5NO2.C6H7N.C4H10ClN.C2H4O2.CH4O3S.ClH.Na/c1-22(2)10-11-23-17-7-5-4-6-15(17)18-19(21(23)25)14-9-8-13(26-3)12-16(14)20(18)24;1-22-11-8-6-10(7-9-11)14-15(17(20)21)12-4-2-3-5-13(12)18-16(14)19;1-21-9-6-7-10-12(8-9)16(19)14-11-4-2-3-5-13(11)18-17(20)15(10)14;10-6-8-3-1-7(2-4-8)5-9(11)12;11-8(6-9-12)10-7-4-2-1-3-5-7;10-7-5-3-1-2-4-6(5)9-8(7)11;7-6-4-2-1-3-5-6;1-6(2)4-3-5;1-2(3)4;1-5(2,3)4;;/h4-9,12H,10-11H2,1-3H3;2-9H,1H3,(H,18,19)(H,20,21);2-8H,1H3,(H,18,20);1-4,10H,5-6H2,(H,11,12);1-6,12H,(H,10,11);1-4H,(H,9,10,11);1-5H,7H2;3-4H2,1-2H3;1H3,(H,3,4);1H3,(H,2,3,4);1H;/q;;;;;;;;;;;+1/p-1/b;;;;9-6+;;;;;;;. The van der Waals surface area contributed by atoms with Crippen molar-refractivity contribution in [2.75, 3.05) is 91.1 Å². The number of amides is 2.